The standard InChI is InChI=1S/C15H24O/c1-11(2)15(12(3)4)10-13-6-8-14(16-5)9-7-13/h6-9,11-12,15H,10H2,1-5H3. The molecule has 0 atom stereocenters. The normalized spacial score (nSPS) is 11.5. The van der Waals surface area contributed by atoms with E-state index < -0.39 is 0 Å². The molecule has 0 heterocycles. The predicted molar refractivity (Wildman–Crippen MR) is 69.9 cm³/mol. The van der Waals surface area contributed by atoms with E-state index in [1.807, 2.05) is 12.1 Å². The minimum absolute atomic E-state index is 0.738. The van der Waals surface area contributed by atoms with Crippen molar-refractivity contribution in [1.29, 1.82) is 0 Å². The van der Waals surface area contributed by atoms with Crippen molar-refractivity contribution in [2.45, 2.75) is 34.1 Å². The zero-order chi connectivity index (χ0) is 12.1. The van der Waals surface area contributed by atoms with Gasteiger partial charge in [0, 0.05) is 0 Å². The van der Waals surface area contributed by atoms with Crippen molar-refractivity contribution >= 4 is 0 Å². The van der Waals surface area contributed by atoms with Gasteiger partial charge in [0.25, 0.3) is 0 Å². The van der Waals surface area contributed by atoms with Gasteiger partial charge in [-0.05, 0) is 41.9 Å². The topological polar surface area (TPSA) is 9.23 Å². The second kappa shape index (κ2) is 5.93. The highest BCUT2D eigenvalue weighted by Crippen LogP contribution is 2.25. The summed E-state index contributed by atoms with van der Waals surface area (Å²) in [5.41, 5.74) is 1.41. The summed E-state index contributed by atoms with van der Waals surface area (Å²) in [6.45, 7) is 9.25. The SMILES string of the molecule is COc1ccc(CC(C(C)C)C(C)C)cc1. The van der Waals surface area contributed by atoms with Crippen LogP contribution in [0.2, 0.25) is 0 Å². The lowest BCUT2D eigenvalue weighted by atomic mass is 9.81. The fourth-order valence-corrected chi connectivity index (χ4v) is 2.27. The van der Waals surface area contributed by atoms with Crippen LogP contribution in [0.15, 0.2) is 24.3 Å². The van der Waals surface area contributed by atoms with Crippen molar-refractivity contribution in [2.24, 2.45) is 17.8 Å². The van der Waals surface area contributed by atoms with Gasteiger partial charge in [-0.3, -0.25) is 0 Å². The third-order valence-corrected chi connectivity index (χ3v) is 3.34. The van der Waals surface area contributed by atoms with E-state index in [0.29, 0.717) is 0 Å². The molecular formula is C15H24O. The van der Waals surface area contributed by atoms with Crippen LogP contribution in [0.3, 0.4) is 0 Å². The fraction of sp³-hybridized carbons (Fsp3) is 0.600. The molecule has 0 unspecified atom stereocenters. The summed E-state index contributed by atoms with van der Waals surface area (Å²) in [4.78, 5) is 0. The molecule has 1 nitrogen and oxygen atoms in total. The van der Waals surface area contributed by atoms with Crippen molar-refractivity contribution < 1.29 is 4.74 Å². The van der Waals surface area contributed by atoms with E-state index in [1.54, 1.807) is 7.11 Å². The van der Waals surface area contributed by atoms with Crippen LogP contribution >= 0.6 is 0 Å². The molecule has 1 aromatic carbocycles. The summed E-state index contributed by atoms with van der Waals surface area (Å²) in [6, 6.07) is 8.45. The molecule has 0 aliphatic heterocycles. The Morgan fingerprint density at radius 2 is 1.44 bits per heavy atom. The second-order valence-corrected chi connectivity index (χ2v) is 5.20. The number of hydrogen-bond acceptors (Lipinski definition) is 1. The summed E-state index contributed by atoms with van der Waals surface area (Å²) in [5.74, 6) is 3.17. The van der Waals surface area contributed by atoms with E-state index in [0.717, 1.165) is 23.5 Å². The van der Waals surface area contributed by atoms with Crippen LogP contribution in [-0.4, -0.2) is 7.11 Å². The Labute approximate surface area is 99.8 Å². The van der Waals surface area contributed by atoms with Crippen molar-refractivity contribution in [3.63, 3.8) is 0 Å². The summed E-state index contributed by atoms with van der Waals surface area (Å²) < 4.78 is 5.17. The van der Waals surface area contributed by atoms with E-state index >= 15 is 0 Å². The smallest absolute Gasteiger partial charge is 0.118 e. The zero-order valence-electron chi connectivity index (χ0n) is 11.2. The van der Waals surface area contributed by atoms with Crippen LogP contribution in [0.25, 0.3) is 0 Å². The molecule has 0 aliphatic rings. The molecule has 0 aliphatic carbocycles. The highest BCUT2D eigenvalue weighted by molar-refractivity contribution is 5.27. The van der Waals surface area contributed by atoms with Gasteiger partial charge in [0.05, 0.1) is 7.11 Å². The molecule has 0 saturated carbocycles. The molecule has 1 rings (SSSR count). The van der Waals surface area contributed by atoms with Crippen LogP contribution in [0, 0.1) is 17.8 Å². The lowest BCUT2D eigenvalue weighted by Gasteiger charge is -2.24. The summed E-state index contributed by atoms with van der Waals surface area (Å²) in [7, 11) is 1.71. The highest BCUT2D eigenvalue weighted by atomic mass is 16.5. The maximum atomic E-state index is 5.17. The Hall–Kier alpha value is -0.980. The highest BCUT2D eigenvalue weighted by Gasteiger charge is 2.17. The lowest BCUT2D eigenvalue weighted by molar-refractivity contribution is 0.286. The molecule has 0 amide bonds. The molecule has 0 N–H and O–H groups in total. The Kier molecular flexibility index (Phi) is 4.85. The van der Waals surface area contributed by atoms with Crippen LogP contribution in [0.5, 0.6) is 5.75 Å². The van der Waals surface area contributed by atoms with Gasteiger partial charge in [0.15, 0.2) is 0 Å². The molecule has 0 spiro atoms. The fourth-order valence-electron chi connectivity index (χ4n) is 2.27. The molecule has 90 valence electrons. The number of ether oxygens (including phenoxy) is 1. The van der Waals surface area contributed by atoms with Crippen LogP contribution in [0.4, 0.5) is 0 Å². The molecule has 0 saturated heterocycles. The molecular weight excluding hydrogens is 196 g/mol. The van der Waals surface area contributed by atoms with Gasteiger partial charge in [-0.1, -0.05) is 39.8 Å². The molecule has 0 fully saturated rings. The van der Waals surface area contributed by atoms with Crippen LogP contribution < -0.4 is 4.74 Å². The first kappa shape index (κ1) is 13.1. The van der Waals surface area contributed by atoms with Gasteiger partial charge in [0.1, 0.15) is 5.75 Å². The van der Waals surface area contributed by atoms with Gasteiger partial charge in [-0.25, -0.2) is 0 Å². The molecule has 1 aromatic rings. The van der Waals surface area contributed by atoms with Gasteiger partial charge in [0.2, 0.25) is 0 Å². The third-order valence-electron chi connectivity index (χ3n) is 3.34. The third kappa shape index (κ3) is 3.55. The zero-order valence-corrected chi connectivity index (χ0v) is 11.2. The summed E-state index contributed by atoms with van der Waals surface area (Å²) in [5, 5.41) is 0. The summed E-state index contributed by atoms with van der Waals surface area (Å²) in [6.07, 6.45) is 1.17. The Morgan fingerprint density at radius 3 is 1.81 bits per heavy atom. The minimum Gasteiger partial charge on any atom is -0.497 e. The largest absolute Gasteiger partial charge is 0.497 e. The van der Waals surface area contributed by atoms with Crippen molar-refractivity contribution in [2.75, 3.05) is 7.11 Å². The number of benzene rings is 1. The molecule has 0 aromatic heterocycles. The van der Waals surface area contributed by atoms with Gasteiger partial charge in [-0.2, -0.15) is 0 Å². The Bertz CT molecular complexity index is 290. The second-order valence-electron chi connectivity index (χ2n) is 5.20. The van der Waals surface area contributed by atoms with E-state index in [2.05, 4.69) is 39.8 Å². The van der Waals surface area contributed by atoms with Gasteiger partial charge in [-0.15, -0.1) is 0 Å². The molecule has 0 bridgehead atoms. The first-order valence-electron chi connectivity index (χ1n) is 6.17. The molecule has 0 radical (unpaired) electrons. The van der Waals surface area contributed by atoms with Crippen LogP contribution in [0.1, 0.15) is 33.3 Å². The number of methoxy groups -OCH3 is 1. The van der Waals surface area contributed by atoms with Crippen molar-refractivity contribution in [1.82, 2.24) is 0 Å². The monoisotopic (exact) mass is 220 g/mol. The maximum absolute atomic E-state index is 5.17. The number of rotatable bonds is 5. The van der Waals surface area contributed by atoms with Gasteiger partial charge < -0.3 is 4.74 Å². The van der Waals surface area contributed by atoms with E-state index in [1.165, 1.54) is 12.0 Å². The van der Waals surface area contributed by atoms with Crippen molar-refractivity contribution in [3.8, 4) is 5.75 Å². The van der Waals surface area contributed by atoms with E-state index in [4.69, 9.17) is 4.74 Å². The Balaban J connectivity index is 2.70. The van der Waals surface area contributed by atoms with Crippen molar-refractivity contribution in [3.05, 3.63) is 29.8 Å². The van der Waals surface area contributed by atoms with E-state index in [9.17, 15) is 0 Å². The van der Waals surface area contributed by atoms with Crippen LogP contribution in [-0.2, 0) is 6.42 Å². The maximum Gasteiger partial charge on any atom is 0.118 e. The van der Waals surface area contributed by atoms with E-state index in [-0.39, 0.29) is 0 Å². The quantitative estimate of drug-likeness (QED) is 0.723. The Morgan fingerprint density at radius 1 is 0.938 bits per heavy atom. The lowest BCUT2D eigenvalue weighted by Crippen LogP contribution is -2.18. The molecule has 16 heavy (non-hydrogen) atoms. The van der Waals surface area contributed by atoms with Gasteiger partial charge >= 0.3 is 0 Å². The average molecular weight is 220 g/mol. The predicted octanol–water partition coefficient (Wildman–Crippen LogP) is 4.17. The minimum atomic E-state index is 0.738. The summed E-state index contributed by atoms with van der Waals surface area (Å²) >= 11 is 0. The first-order chi connectivity index (χ1) is 7.54. The first-order valence-corrected chi connectivity index (χ1v) is 6.17. The number of hydrogen-bond donors (Lipinski definition) is 0. The molecule has 1 heteroatoms. The average Bonchev–Trinajstić information content (AvgIpc) is 2.25.